The first kappa shape index (κ1) is 20.6. The number of nitrogens with one attached hydrogen (secondary N) is 2. The van der Waals surface area contributed by atoms with Gasteiger partial charge in [0.25, 0.3) is 0 Å². The molecule has 0 spiro atoms. The molecule has 0 radical (unpaired) electrons. The number of ether oxygens (including phenoxy) is 1. The van der Waals surface area contributed by atoms with Gasteiger partial charge >= 0.3 is 6.09 Å². The maximum absolute atomic E-state index is 14.3. The highest BCUT2D eigenvalue weighted by Crippen LogP contribution is 2.26. The quantitative estimate of drug-likeness (QED) is 0.641. The largest absolute Gasteiger partial charge is 0.474 e. The topological polar surface area (TPSA) is 99.6 Å². The second-order valence-electron chi connectivity index (χ2n) is 6.69. The molecule has 1 fully saturated rings. The second kappa shape index (κ2) is 9.35. The normalized spacial score (nSPS) is 14.5. The smallest absolute Gasteiger partial charge is 0.407 e. The molecule has 1 aromatic carbocycles. The fourth-order valence-electron chi connectivity index (χ4n) is 2.98. The summed E-state index contributed by atoms with van der Waals surface area (Å²) in [4.78, 5) is 20.3. The highest BCUT2D eigenvalue weighted by Gasteiger charge is 2.23. The summed E-state index contributed by atoms with van der Waals surface area (Å²) < 4.78 is 34.3. The molecule has 0 aliphatic carbocycles. The van der Waals surface area contributed by atoms with Gasteiger partial charge in [0.15, 0.2) is 0 Å². The van der Waals surface area contributed by atoms with Crippen LogP contribution in [0.2, 0.25) is 0 Å². The molecule has 1 aliphatic heterocycles. The summed E-state index contributed by atoms with van der Waals surface area (Å²) in [5.41, 5.74) is 0.0540. The van der Waals surface area contributed by atoms with Crippen LogP contribution in [-0.4, -0.2) is 51.8 Å². The first-order valence-corrected chi connectivity index (χ1v) is 9.42. The monoisotopic (exact) mass is 407 g/mol. The second-order valence-corrected chi connectivity index (χ2v) is 6.69. The summed E-state index contributed by atoms with van der Waals surface area (Å²) in [7, 11) is 0. The molecule has 1 aliphatic rings. The maximum atomic E-state index is 14.3. The Morgan fingerprint density at radius 1 is 1.21 bits per heavy atom. The number of likely N-dealkylation sites (tertiary alicyclic amines) is 1. The highest BCUT2D eigenvalue weighted by atomic mass is 19.1. The van der Waals surface area contributed by atoms with E-state index in [9.17, 15) is 13.6 Å². The lowest BCUT2D eigenvalue weighted by Crippen LogP contribution is -2.41. The third-order valence-electron chi connectivity index (χ3n) is 4.53. The zero-order valence-electron chi connectivity index (χ0n) is 16.0. The number of halogens is 2. The Morgan fingerprint density at radius 3 is 2.59 bits per heavy atom. The fraction of sp³-hybridized carbons (Fsp3) is 0.421. The maximum Gasteiger partial charge on any atom is 0.407 e. The number of carboxylic acid groups (broad SMARTS) is 1. The van der Waals surface area contributed by atoms with Crippen LogP contribution in [0.5, 0.6) is 5.88 Å². The summed E-state index contributed by atoms with van der Waals surface area (Å²) in [5.74, 6) is -0.658. The molecule has 0 saturated carbocycles. The Labute approximate surface area is 166 Å². The van der Waals surface area contributed by atoms with Gasteiger partial charge in [0.1, 0.15) is 29.9 Å². The number of amides is 1. The first-order valence-electron chi connectivity index (χ1n) is 9.42. The van der Waals surface area contributed by atoms with E-state index in [0.29, 0.717) is 32.5 Å². The SMILES string of the molecule is CCCNc1cc(F)c(Nc2cc(OC3CCN(C(=O)O)CC3)ncn2)cc1F. The Kier molecular flexibility index (Phi) is 6.63. The van der Waals surface area contributed by atoms with Gasteiger partial charge < -0.3 is 25.4 Å². The van der Waals surface area contributed by atoms with Gasteiger partial charge in [0, 0.05) is 50.7 Å². The van der Waals surface area contributed by atoms with E-state index in [4.69, 9.17) is 9.84 Å². The van der Waals surface area contributed by atoms with Gasteiger partial charge in [-0.15, -0.1) is 0 Å². The molecule has 8 nitrogen and oxygen atoms in total. The fourth-order valence-corrected chi connectivity index (χ4v) is 2.98. The van der Waals surface area contributed by atoms with E-state index in [2.05, 4.69) is 20.6 Å². The average molecular weight is 407 g/mol. The molecule has 1 amide bonds. The van der Waals surface area contributed by atoms with Gasteiger partial charge in [-0.1, -0.05) is 6.92 Å². The standard InChI is InChI=1S/C19H23F2N5O3/c1-2-5-22-15-8-14(21)16(9-13(15)20)25-17-10-18(24-11-23-17)29-12-3-6-26(7-4-12)19(27)28/h8-12,22H,2-7H2,1H3,(H,27,28)(H,23,24,25). The zero-order chi connectivity index (χ0) is 20.8. The average Bonchev–Trinajstić information content (AvgIpc) is 2.70. The van der Waals surface area contributed by atoms with E-state index in [1.54, 1.807) is 0 Å². The zero-order valence-corrected chi connectivity index (χ0v) is 16.0. The molecule has 3 N–H and O–H groups in total. The number of hydrogen-bond acceptors (Lipinski definition) is 6. The van der Waals surface area contributed by atoms with E-state index in [0.717, 1.165) is 18.6 Å². The Hall–Kier alpha value is -3.17. The minimum atomic E-state index is -0.942. The van der Waals surface area contributed by atoms with Crippen molar-refractivity contribution >= 4 is 23.3 Å². The number of anilines is 3. The number of aromatic nitrogens is 2. The molecule has 3 rings (SSSR count). The Morgan fingerprint density at radius 2 is 1.90 bits per heavy atom. The molecule has 156 valence electrons. The molecule has 10 heteroatoms. The summed E-state index contributed by atoms with van der Waals surface area (Å²) in [5, 5.41) is 14.6. The number of carbonyl (C=O) groups is 1. The summed E-state index contributed by atoms with van der Waals surface area (Å²) in [6.07, 6.45) is 2.03. The molecule has 0 unspecified atom stereocenters. The molecule has 2 heterocycles. The van der Waals surface area contributed by atoms with Crippen molar-refractivity contribution < 1.29 is 23.4 Å². The predicted octanol–water partition coefficient (Wildman–Crippen LogP) is 3.84. The van der Waals surface area contributed by atoms with Crippen molar-refractivity contribution in [1.82, 2.24) is 14.9 Å². The summed E-state index contributed by atoms with van der Waals surface area (Å²) in [6.45, 7) is 3.25. The number of benzene rings is 1. The Balaban J connectivity index is 1.64. The van der Waals surface area contributed by atoms with Crippen LogP contribution in [0.3, 0.4) is 0 Å². The lowest BCUT2D eigenvalue weighted by atomic mass is 10.1. The van der Waals surface area contributed by atoms with Crippen molar-refractivity contribution in [1.29, 1.82) is 0 Å². The van der Waals surface area contributed by atoms with Crippen LogP contribution in [0.1, 0.15) is 26.2 Å². The van der Waals surface area contributed by atoms with Crippen LogP contribution in [0.4, 0.5) is 30.8 Å². The number of nitrogens with zero attached hydrogens (tertiary/aromatic N) is 3. The molecule has 0 bridgehead atoms. The van der Waals surface area contributed by atoms with Gasteiger partial charge in [-0.05, 0) is 6.42 Å². The Bertz CT molecular complexity index is 860. The third kappa shape index (κ3) is 5.43. The molecule has 29 heavy (non-hydrogen) atoms. The minimum Gasteiger partial charge on any atom is -0.474 e. The lowest BCUT2D eigenvalue weighted by molar-refractivity contribution is 0.0870. The van der Waals surface area contributed by atoms with E-state index in [-0.39, 0.29) is 29.2 Å². The molecular weight excluding hydrogens is 384 g/mol. The van der Waals surface area contributed by atoms with Crippen molar-refractivity contribution in [3.05, 3.63) is 36.2 Å². The summed E-state index contributed by atoms with van der Waals surface area (Å²) >= 11 is 0. The molecular formula is C19H23F2N5O3. The summed E-state index contributed by atoms with van der Waals surface area (Å²) in [6, 6.07) is 3.66. The molecule has 0 atom stereocenters. The van der Waals surface area contributed by atoms with E-state index in [1.807, 2.05) is 6.92 Å². The van der Waals surface area contributed by atoms with Gasteiger partial charge in [-0.3, -0.25) is 0 Å². The van der Waals surface area contributed by atoms with Crippen LogP contribution in [0, 0.1) is 11.6 Å². The van der Waals surface area contributed by atoms with Crippen molar-refractivity contribution in [2.75, 3.05) is 30.3 Å². The van der Waals surface area contributed by atoms with E-state index >= 15 is 0 Å². The van der Waals surface area contributed by atoms with E-state index < -0.39 is 17.7 Å². The molecule has 2 aromatic rings. The third-order valence-corrected chi connectivity index (χ3v) is 4.53. The van der Waals surface area contributed by atoms with Crippen LogP contribution in [0.25, 0.3) is 0 Å². The molecule has 1 saturated heterocycles. The van der Waals surface area contributed by atoms with Gasteiger partial charge in [-0.2, -0.15) is 0 Å². The van der Waals surface area contributed by atoms with Crippen molar-refractivity contribution in [2.45, 2.75) is 32.3 Å². The number of hydrogen-bond donors (Lipinski definition) is 3. The van der Waals surface area contributed by atoms with Gasteiger partial charge in [0.05, 0.1) is 11.4 Å². The van der Waals surface area contributed by atoms with Crippen LogP contribution < -0.4 is 15.4 Å². The first-order chi connectivity index (χ1) is 14.0. The van der Waals surface area contributed by atoms with Crippen LogP contribution >= 0.6 is 0 Å². The minimum absolute atomic E-state index is 0.0519. The lowest BCUT2D eigenvalue weighted by Gasteiger charge is -2.29. The number of piperidine rings is 1. The van der Waals surface area contributed by atoms with Gasteiger partial charge in [-0.25, -0.2) is 23.5 Å². The van der Waals surface area contributed by atoms with Crippen molar-refractivity contribution in [3.63, 3.8) is 0 Å². The predicted molar refractivity (Wildman–Crippen MR) is 104 cm³/mol. The van der Waals surface area contributed by atoms with Crippen LogP contribution in [-0.2, 0) is 0 Å². The van der Waals surface area contributed by atoms with E-state index in [1.165, 1.54) is 17.3 Å². The molecule has 1 aromatic heterocycles. The van der Waals surface area contributed by atoms with Crippen molar-refractivity contribution in [2.24, 2.45) is 0 Å². The highest BCUT2D eigenvalue weighted by molar-refractivity contribution is 5.65. The number of rotatable bonds is 7. The van der Waals surface area contributed by atoms with Gasteiger partial charge in [0.2, 0.25) is 5.88 Å². The van der Waals surface area contributed by atoms with Crippen molar-refractivity contribution in [3.8, 4) is 5.88 Å². The van der Waals surface area contributed by atoms with Crippen LogP contribution in [0.15, 0.2) is 24.5 Å².